The highest BCUT2D eigenvalue weighted by Crippen LogP contribution is 2.33. The van der Waals surface area contributed by atoms with Crippen molar-refractivity contribution in [2.45, 2.75) is 20.0 Å². The molecule has 2 heterocycles. The van der Waals surface area contributed by atoms with E-state index in [0.717, 1.165) is 10.4 Å². The highest BCUT2D eigenvalue weighted by molar-refractivity contribution is 7.09. The molecular formula is C20H22N2O4S. The smallest absolute Gasteiger partial charge is 0.242 e. The maximum atomic E-state index is 12.9. The van der Waals surface area contributed by atoms with Gasteiger partial charge in [-0.3, -0.25) is 9.59 Å². The maximum absolute atomic E-state index is 12.9. The normalized spacial score (nSPS) is 11.9. The van der Waals surface area contributed by atoms with Gasteiger partial charge in [-0.2, -0.15) is 0 Å². The Balaban J connectivity index is 1.76. The first kappa shape index (κ1) is 19.0. The molecule has 27 heavy (non-hydrogen) atoms. The first-order chi connectivity index (χ1) is 13.1. The first-order valence-electron chi connectivity index (χ1n) is 8.62. The van der Waals surface area contributed by atoms with E-state index in [0.29, 0.717) is 31.1 Å². The number of hydrogen-bond donors (Lipinski definition) is 0. The summed E-state index contributed by atoms with van der Waals surface area (Å²) in [6.07, 6.45) is 1.62. The van der Waals surface area contributed by atoms with Gasteiger partial charge in [-0.05, 0) is 29.1 Å². The van der Waals surface area contributed by atoms with Gasteiger partial charge in [-0.15, -0.1) is 17.9 Å². The van der Waals surface area contributed by atoms with Crippen LogP contribution in [-0.2, 0) is 22.7 Å². The molecule has 0 radical (unpaired) electrons. The Bertz CT molecular complexity index is 819. The van der Waals surface area contributed by atoms with Crippen molar-refractivity contribution in [2.24, 2.45) is 0 Å². The number of nitrogens with zero attached hydrogens (tertiary/aromatic N) is 2. The van der Waals surface area contributed by atoms with E-state index < -0.39 is 0 Å². The fourth-order valence-electron chi connectivity index (χ4n) is 2.81. The molecule has 3 rings (SSSR count). The molecule has 0 atom stereocenters. The molecule has 0 bridgehead atoms. The lowest BCUT2D eigenvalue weighted by Gasteiger charge is -2.26. The third-order valence-corrected chi connectivity index (χ3v) is 5.07. The Hall–Kier alpha value is -2.80. The third-order valence-electron chi connectivity index (χ3n) is 4.21. The summed E-state index contributed by atoms with van der Waals surface area (Å²) in [6.45, 7) is 6.61. The molecule has 0 spiro atoms. The minimum absolute atomic E-state index is 0.0251. The SMILES string of the molecule is C=CCN(CC(=O)N(Cc1ccc2c(c1)OCO2)Cc1cccs1)C(C)=O. The summed E-state index contributed by atoms with van der Waals surface area (Å²) in [5.74, 6) is 1.14. The Morgan fingerprint density at radius 3 is 2.70 bits per heavy atom. The van der Waals surface area contributed by atoms with Crippen LogP contribution in [-0.4, -0.2) is 41.5 Å². The molecule has 1 aliphatic rings. The van der Waals surface area contributed by atoms with Crippen LogP contribution in [0.2, 0.25) is 0 Å². The minimum Gasteiger partial charge on any atom is -0.454 e. The van der Waals surface area contributed by atoms with Crippen molar-refractivity contribution >= 4 is 23.2 Å². The third kappa shape index (κ3) is 4.89. The molecule has 7 heteroatoms. The van der Waals surface area contributed by atoms with Crippen molar-refractivity contribution in [3.8, 4) is 11.5 Å². The second-order valence-electron chi connectivity index (χ2n) is 6.20. The number of amides is 2. The highest BCUT2D eigenvalue weighted by Gasteiger charge is 2.21. The van der Waals surface area contributed by atoms with Gasteiger partial charge in [-0.1, -0.05) is 18.2 Å². The van der Waals surface area contributed by atoms with Crippen molar-refractivity contribution in [1.29, 1.82) is 0 Å². The molecule has 0 fully saturated rings. The monoisotopic (exact) mass is 386 g/mol. The zero-order valence-corrected chi connectivity index (χ0v) is 16.0. The van der Waals surface area contributed by atoms with Gasteiger partial charge in [0.25, 0.3) is 0 Å². The van der Waals surface area contributed by atoms with Crippen LogP contribution < -0.4 is 9.47 Å². The van der Waals surface area contributed by atoms with Crippen LogP contribution in [0.5, 0.6) is 11.5 Å². The number of carbonyl (C=O) groups excluding carboxylic acids is 2. The number of benzene rings is 1. The molecule has 1 aliphatic heterocycles. The predicted octanol–water partition coefficient (Wildman–Crippen LogP) is 3.04. The molecule has 0 saturated heterocycles. The summed E-state index contributed by atoms with van der Waals surface area (Å²) in [5, 5.41) is 1.98. The van der Waals surface area contributed by atoms with Crippen LogP contribution >= 0.6 is 11.3 Å². The molecular weight excluding hydrogens is 364 g/mol. The molecule has 0 unspecified atom stereocenters. The maximum Gasteiger partial charge on any atom is 0.242 e. The van der Waals surface area contributed by atoms with Gasteiger partial charge in [0.05, 0.1) is 6.54 Å². The van der Waals surface area contributed by atoms with E-state index in [9.17, 15) is 9.59 Å². The average Bonchev–Trinajstić information content (AvgIpc) is 3.31. The predicted molar refractivity (Wildman–Crippen MR) is 104 cm³/mol. The Morgan fingerprint density at radius 2 is 2.00 bits per heavy atom. The number of carbonyl (C=O) groups is 2. The second kappa shape index (κ2) is 8.73. The lowest BCUT2D eigenvalue weighted by Crippen LogP contribution is -2.41. The molecule has 6 nitrogen and oxygen atoms in total. The molecule has 142 valence electrons. The van der Waals surface area contributed by atoms with E-state index in [4.69, 9.17) is 9.47 Å². The van der Waals surface area contributed by atoms with E-state index in [2.05, 4.69) is 6.58 Å². The van der Waals surface area contributed by atoms with Crippen molar-refractivity contribution in [1.82, 2.24) is 9.80 Å². The van der Waals surface area contributed by atoms with Crippen molar-refractivity contribution < 1.29 is 19.1 Å². The molecule has 1 aromatic carbocycles. The molecule has 0 saturated carbocycles. The van der Waals surface area contributed by atoms with Crippen LogP contribution in [0.4, 0.5) is 0 Å². The van der Waals surface area contributed by atoms with Crippen molar-refractivity contribution in [3.05, 3.63) is 58.8 Å². The lowest BCUT2D eigenvalue weighted by atomic mass is 10.2. The van der Waals surface area contributed by atoms with Gasteiger partial charge in [0.2, 0.25) is 18.6 Å². The number of thiophene rings is 1. The molecule has 2 aromatic rings. The Morgan fingerprint density at radius 1 is 1.19 bits per heavy atom. The molecule has 2 amide bonds. The van der Waals surface area contributed by atoms with Crippen molar-refractivity contribution in [2.75, 3.05) is 19.9 Å². The average molecular weight is 386 g/mol. The standard InChI is InChI=1S/C20H22N2O4S/c1-3-8-21(15(2)23)13-20(24)22(12-17-5-4-9-27-17)11-16-6-7-18-19(10-16)26-14-25-18/h3-7,9-10H,1,8,11-14H2,2H3. The highest BCUT2D eigenvalue weighted by atomic mass is 32.1. The van der Waals surface area contributed by atoms with Gasteiger partial charge in [0.15, 0.2) is 11.5 Å². The fraction of sp³-hybridized carbons (Fsp3) is 0.300. The first-order valence-corrected chi connectivity index (χ1v) is 9.50. The summed E-state index contributed by atoms with van der Waals surface area (Å²) in [4.78, 5) is 29.0. The zero-order chi connectivity index (χ0) is 19.2. The summed E-state index contributed by atoms with van der Waals surface area (Å²) in [7, 11) is 0. The minimum atomic E-state index is -0.151. The molecule has 0 aliphatic carbocycles. The largest absolute Gasteiger partial charge is 0.454 e. The van der Waals surface area contributed by atoms with Gasteiger partial charge in [-0.25, -0.2) is 0 Å². The number of fused-ring (bicyclic) bond motifs is 1. The van der Waals surface area contributed by atoms with Crippen LogP contribution in [0.3, 0.4) is 0 Å². The quantitative estimate of drug-likeness (QED) is 0.655. The summed E-state index contributed by atoms with van der Waals surface area (Å²) in [6, 6.07) is 9.63. The summed E-state index contributed by atoms with van der Waals surface area (Å²) in [5.41, 5.74) is 0.947. The lowest BCUT2D eigenvalue weighted by molar-refractivity contribution is -0.139. The van der Waals surface area contributed by atoms with E-state index >= 15 is 0 Å². The summed E-state index contributed by atoms with van der Waals surface area (Å²) < 4.78 is 10.8. The van der Waals surface area contributed by atoms with E-state index in [1.54, 1.807) is 22.3 Å². The number of ether oxygens (including phenoxy) is 2. The summed E-state index contributed by atoms with van der Waals surface area (Å²) >= 11 is 1.60. The van der Waals surface area contributed by atoms with Gasteiger partial charge in [0.1, 0.15) is 6.54 Å². The van der Waals surface area contributed by atoms with Crippen LogP contribution in [0.25, 0.3) is 0 Å². The van der Waals surface area contributed by atoms with Gasteiger partial charge < -0.3 is 19.3 Å². The van der Waals surface area contributed by atoms with Gasteiger partial charge >= 0.3 is 0 Å². The van der Waals surface area contributed by atoms with Gasteiger partial charge in [0, 0.05) is 24.9 Å². The number of rotatable bonds is 8. The second-order valence-corrected chi connectivity index (χ2v) is 7.24. The van der Waals surface area contributed by atoms with E-state index in [1.165, 1.54) is 11.8 Å². The molecule has 1 aromatic heterocycles. The van der Waals surface area contributed by atoms with Crippen LogP contribution in [0.15, 0.2) is 48.4 Å². The molecule has 0 N–H and O–H groups in total. The zero-order valence-electron chi connectivity index (χ0n) is 15.2. The topological polar surface area (TPSA) is 59.1 Å². The van der Waals surface area contributed by atoms with E-state index in [1.807, 2.05) is 35.7 Å². The Kier molecular flexibility index (Phi) is 6.13. The van der Waals surface area contributed by atoms with Crippen LogP contribution in [0.1, 0.15) is 17.4 Å². The fourth-order valence-corrected chi connectivity index (χ4v) is 3.53. The van der Waals surface area contributed by atoms with Crippen LogP contribution in [0, 0.1) is 0 Å². The number of hydrogen-bond acceptors (Lipinski definition) is 5. The van der Waals surface area contributed by atoms with Crippen molar-refractivity contribution in [3.63, 3.8) is 0 Å². The Labute approximate surface area is 162 Å². The van der Waals surface area contributed by atoms with E-state index in [-0.39, 0.29) is 25.2 Å².